The molecule has 6 heteroatoms. The van der Waals surface area contributed by atoms with Crippen molar-refractivity contribution in [2.75, 3.05) is 6.54 Å². The van der Waals surface area contributed by atoms with E-state index in [9.17, 15) is 4.39 Å². The van der Waals surface area contributed by atoms with Crippen molar-refractivity contribution in [1.29, 1.82) is 0 Å². The lowest BCUT2D eigenvalue weighted by atomic mass is 10.2. The van der Waals surface area contributed by atoms with E-state index in [-0.39, 0.29) is 16.5 Å². The van der Waals surface area contributed by atoms with E-state index in [2.05, 4.69) is 10.2 Å². The monoisotopic (exact) mass is 241 g/mol. The number of hydrogen-bond acceptors (Lipinski definition) is 4. The molecular weight excluding hydrogens is 233 g/mol. The average molecular weight is 242 g/mol. The van der Waals surface area contributed by atoms with Crippen LogP contribution in [0.2, 0.25) is 5.02 Å². The Kier molecular flexibility index (Phi) is 3.17. The standard InChI is InChI=1S/C10H9ClFN3O/c11-6-2-1-3-7(12)9(6)10-15-14-8(16-10)4-5-13/h1-3H,4-5,13H2. The Balaban J connectivity index is 2.42. The summed E-state index contributed by atoms with van der Waals surface area (Å²) in [7, 11) is 0. The summed E-state index contributed by atoms with van der Waals surface area (Å²) in [5.41, 5.74) is 5.47. The van der Waals surface area contributed by atoms with Gasteiger partial charge in [0.05, 0.1) is 10.6 Å². The number of nitrogens with zero attached hydrogens (tertiary/aromatic N) is 2. The molecule has 0 aliphatic rings. The maximum atomic E-state index is 13.5. The molecule has 0 amide bonds. The summed E-state index contributed by atoms with van der Waals surface area (Å²) < 4.78 is 18.7. The third kappa shape index (κ3) is 2.05. The van der Waals surface area contributed by atoms with Crippen molar-refractivity contribution in [3.63, 3.8) is 0 Å². The molecule has 0 atom stereocenters. The van der Waals surface area contributed by atoms with Crippen LogP contribution >= 0.6 is 11.6 Å². The smallest absolute Gasteiger partial charge is 0.252 e. The fraction of sp³-hybridized carbons (Fsp3) is 0.200. The van der Waals surface area contributed by atoms with Crippen molar-refractivity contribution in [3.8, 4) is 11.5 Å². The van der Waals surface area contributed by atoms with Crippen LogP contribution in [0.3, 0.4) is 0 Å². The first-order valence-corrected chi connectivity index (χ1v) is 5.07. The second-order valence-corrected chi connectivity index (χ2v) is 3.54. The predicted molar refractivity (Wildman–Crippen MR) is 57.5 cm³/mol. The second kappa shape index (κ2) is 4.59. The molecule has 2 rings (SSSR count). The third-order valence-corrected chi connectivity index (χ3v) is 2.32. The zero-order valence-electron chi connectivity index (χ0n) is 8.28. The van der Waals surface area contributed by atoms with E-state index in [1.807, 2.05) is 0 Å². The molecule has 0 saturated carbocycles. The van der Waals surface area contributed by atoms with Crippen LogP contribution in [0.4, 0.5) is 4.39 Å². The Labute approximate surface area is 96.2 Å². The van der Waals surface area contributed by atoms with Crippen molar-refractivity contribution in [2.24, 2.45) is 5.73 Å². The van der Waals surface area contributed by atoms with Gasteiger partial charge < -0.3 is 10.2 Å². The van der Waals surface area contributed by atoms with Crippen LogP contribution in [0.5, 0.6) is 0 Å². The summed E-state index contributed by atoms with van der Waals surface area (Å²) in [5, 5.41) is 7.71. The van der Waals surface area contributed by atoms with Crippen molar-refractivity contribution >= 4 is 11.6 Å². The fourth-order valence-electron chi connectivity index (χ4n) is 1.28. The summed E-state index contributed by atoms with van der Waals surface area (Å²) in [6.07, 6.45) is 0.457. The van der Waals surface area contributed by atoms with E-state index < -0.39 is 5.82 Å². The van der Waals surface area contributed by atoms with Crippen LogP contribution in [0, 0.1) is 5.82 Å². The molecule has 0 fully saturated rings. The SMILES string of the molecule is NCCc1nnc(-c2c(F)cccc2Cl)o1. The zero-order valence-corrected chi connectivity index (χ0v) is 9.04. The molecule has 2 aromatic rings. The van der Waals surface area contributed by atoms with Crippen LogP contribution in [-0.4, -0.2) is 16.7 Å². The van der Waals surface area contributed by atoms with Gasteiger partial charge in [-0.15, -0.1) is 10.2 Å². The summed E-state index contributed by atoms with van der Waals surface area (Å²) in [5.74, 6) is -0.0428. The van der Waals surface area contributed by atoms with Gasteiger partial charge in [-0.2, -0.15) is 0 Å². The lowest BCUT2D eigenvalue weighted by Crippen LogP contribution is -2.02. The van der Waals surface area contributed by atoms with E-state index >= 15 is 0 Å². The largest absolute Gasteiger partial charge is 0.420 e. The van der Waals surface area contributed by atoms with E-state index in [1.54, 1.807) is 6.07 Å². The minimum atomic E-state index is -0.490. The number of benzene rings is 1. The lowest BCUT2D eigenvalue weighted by molar-refractivity contribution is 0.503. The zero-order chi connectivity index (χ0) is 11.5. The number of halogens is 2. The summed E-state index contributed by atoms with van der Waals surface area (Å²) >= 11 is 5.86. The first-order valence-electron chi connectivity index (χ1n) is 4.69. The fourth-order valence-corrected chi connectivity index (χ4v) is 1.53. The predicted octanol–water partition coefficient (Wildman–Crippen LogP) is 2.03. The Hall–Kier alpha value is -1.46. The van der Waals surface area contributed by atoms with Crippen LogP contribution in [0.15, 0.2) is 22.6 Å². The Bertz CT molecular complexity index is 480. The molecule has 1 aromatic carbocycles. The average Bonchev–Trinajstić information content (AvgIpc) is 2.67. The molecule has 0 radical (unpaired) electrons. The Morgan fingerprint density at radius 2 is 2.19 bits per heavy atom. The van der Waals surface area contributed by atoms with Gasteiger partial charge in [-0.25, -0.2) is 4.39 Å². The van der Waals surface area contributed by atoms with Gasteiger partial charge in [-0.1, -0.05) is 17.7 Å². The van der Waals surface area contributed by atoms with Gasteiger partial charge in [0.25, 0.3) is 5.89 Å². The normalized spacial score (nSPS) is 10.7. The maximum Gasteiger partial charge on any atom is 0.252 e. The third-order valence-electron chi connectivity index (χ3n) is 2.00. The van der Waals surface area contributed by atoms with Gasteiger partial charge in [0.1, 0.15) is 5.82 Å². The molecule has 0 spiro atoms. The van der Waals surface area contributed by atoms with Crippen molar-refractivity contribution in [2.45, 2.75) is 6.42 Å². The van der Waals surface area contributed by atoms with Crippen LogP contribution < -0.4 is 5.73 Å². The summed E-state index contributed by atoms with van der Waals surface area (Å²) in [6, 6.07) is 4.36. The maximum absolute atomic E-state index is 13.5. The molecule has 84 valence electrons. The van der Waals surface area contributed by atoms with Crippen LogP contribution in [-0.2, 0) is 6.42 Å². The number of nitrogens with two attached hydrogens (primary N) is 1. The van der Waals surface area contributed by atoms with Gasteiger partial charge in [-0.3, -0.25) is 0 Å². The first kappa shape index (κ1) is 11.0. The number of hydrogen-bond donors (Lipinski definition) is 1. The quantitative estimate of drug-likeness (QED) is 0.893. The second-order valence-electron chi connectivity index (χ2n) is 3.14. The molecule has 0 saturated heterocycles. The summed E-state index contributed by atoms with van der Waals surface area (Å²) in [4.78, 5) is 0. The minimum absolute atomic E-state index is 0.0755. The highest BCUT2D eigenvalue weighted by atomic mass is 35.5. The van der Waals surface area contributed by atoms with Gasteiger partial charge >= 0.3 is 0 Å². The molecule has 4 nitrogen and oxygen atoms in total. The molecule has 0 aliphatic carbocycles. The first-order chi connectivity index (χ1) is 7.72. The van der Waals surface area contributed by atoms with Crippen molar-refractivity contribution in [1.82, 2.24) is 10.2 Å². The highest BCUT2D eigenvalue weighted by molar-refractivity contribution is 6.33. The van der Waals surface area contributed by atoms with Crippen molar-refractivity contribution in [3.05, 3.63) is 34.9 Å². The van der Waals surface area contributed by atoms with Gasteiger partial charge in [0.15, 0.2) is 0 Å². The Morgan fingerprint density at radius 1 is 1.38 bits per heavy atom. The van der Waals surface area contributed by atoms with E-state index in [1.165, 1.54) is 12.1 Å². The van der Waals surface area contributed by atoms with E-state index in [0.717, 1.165) is 0 Å². The molecular formula is C10H9ClFN3O. The highest BCUT2D eigenvalue weighted by Gasteiger charge is 2.15. The number of rotatable bonds is 3. The molecule has 2 N–H and O–H groups in total. The molecule has 0 aliphatic heterocycles. The molecule has 0 bridgehead atoms. The minimum Gasteiger partial charge on any atom is -0.420 e. The number of aromatic nitrogens is 2. The molecule has 1 aromatic heterocycles. The molecule has 0 unspecified atom stereocenters. The van der Waals surface area contributed by atoms with Crippen LogP contribution in [0.1, 0.15) is 5.89 Å². The summed E-state index contributed by atoms with van der Waals surface area (Å²) in [6.45, 7) is 0.395. The topological polar surface area (TPSA) is 64.9 Å². The van der Waals surface area contributed by atoms with E-state index in [0.29, 0.717) is 18.9 Å². The van der Waals surface area contributed by atoms with E-state index in [4.69, 9.17) is 21.8 Å². The highest BCUT2D eigenvalue weighted by Crippen LogP contribution is 2.29. The molecule has 1 heterocycles. The van der Waals surface area contributed by atoms with Gasteiger partial charge in [0.2, 0.25) is 5.89 Å². The lowest BCUT2D eigenvalue weighted by Gasteiger charge is -1.99. The van der Waals surface area contributed by atoms with Gasteiger partial charge in [0, 0.05) is 13.0 Å². The molecule has 16 heavy (non-hydrogen) atoms. The Morgan fingerprint density at radius 3 is 2.88 bits per heavy atom. The van der Waals surface area contributed by atoms with Crippen molar-refractivity contribution < 1.29 is 8.81 Å². The van der Waals surface area contributed by atoms with Crippen LogP contribution in [0.25, 0.3) is 11.5 Å². The van der Waals surface area contributed by atoms with Gasteiger partial charge in [-0.05, 0) is 12.1 Å².